The molecule has 4 nitrogen and oxygen atoms in total. The number of halogens is 2. The van der Waals surface area contributed by atoms with Gasteiger partial charge in [0.05, 0.1) is 22.6 Å². The fourth-order valence-corrected chi connectivity index (χ4v) is 2.03. The van der Waals surface area contributed by atoms with Gasteiger partial charge in [-0.1, -0.05) is 32.7 Å². The Bertz CT molecular complexity index is 509. The third kappa shape index (κ3) is 2.26. The molecule has 1 aromatic heterocycles. The number of nitrogens with zero attached hydrogens (tertiary/aromatic N) is 3. The maximum Gasteiger partial charge on any atom is 0.0995 e. The summed E-state index contributed by atoms with van der Waals surface area (Å²) in [6.07, 6.45) is 1.78. The molecule has 0 saturated heterocycles. The number of hydrogen-bond donors (Lipinski definition) is 1. The molecule has 0 aliphatic carbocycles. The van der Waals surface area contributed by atoms with Crippen molar-refractivity contribution in [1.82, 2.24) is 15.0 Å². The summed E-state index contributed by atoms with van der Waals surface area (Å²) >= 11 is 9.45. The van der Waals surface area contributed by atoms with Gasteiger partial charge in [0.15, 0.2) is 0 Å². The summed E-state index contributed by atoms with van der Waals surface area (Å²) < 4.78 is 2.54. The molecule has 2 aromatic rings. The first kappa shape index (κ1) is 11.6. The molecular formula is C10H10BrClN4. The average molecular weight is 302 g/mol. The van der Waals surface area contributed by atoms with Gasteiger partial charge in [-0.3, -0.25) is 0 Å². The van der Waals surface area contributed by atoms with Gasteiger partial charge < -0.3 is 5.73 Å². The second-order valence-electron chi connectivity index (χ2n) is 3.47. The van der Waals surface area contributed by atoms with Crippen molar-refractivity contribution in [3.8, 4) is 5.69 Å². The molecule has 0 spiro atoms. The standard InChI is InChI=1S/C10H10BrClN4/c1-6(13)9-5-16(15-14-9)10-3-2-7(11)4-8(10)12/h2-6H,13H2,1H3. The molecule has 0 amide bonds. The van der Waals surface area contributed by atoms with E-state index in [-0.39, 0.29) is 6.04 Å². The molecule has 0 aliphatic heterocycles. The number of nitrogens with two attached hydrogens (primary N) is 1. The van der Waals surface area contributed by atoms with Crippen molar-refractivity contribution in [2.45, 2.75) is 13.0 Å². The zero-order valence-electron chi connectivity index (χ0n) is 8.56. The first-order valence-corrected chi connectivity index (χ1v) is 5.88. The van der Waals surface area contributed by atoms with Crippen LogP contribution >= 0.6 is 27.5 Å². The van der Waals surface area contributed by atoms with Crippen LogP contribution in [0, 0.1) is 0 Å². The number of aromatic nitrogens is 3. The highest BCUT2D eigenvalue weighted by Crippen LogP contribution is 2.24. The molecule has 0 fully saturated rings. The molecule has 2 N–H and O–H groups in total. The van der Waals surface area contributed by atoms with Crippen LogP contribution < -0.4 is 5.73 Å². The van der Waals surface area contributed by atoms with Crippen LogP contribution in [0.2, 0.25) is 5.02 Å². The van der Waals surface area contributed by atoms with Crippen molar-refractivity contribution in [2.24, 2.45) is 5.73 Å². The van der Waals surface area contributed by atoms with Crippen molar-refractivity contribution in [1.29, 1.82) is 0 Å². The highest BCUT2D eigenvalue weighted by atomic mass is 79.9. The summed E-state index contributed by atoms with van der Waals surface area (Å²) in [5.41, 5.74) is 7.23. The second-order valence-corrected chi connectivity index (χ2v) is 4.80. The van der Waals surface area contributed by atoms with Gasteiger partial charge in [0.2, 0.25) is 0 Å². The highest BCUT2D eigenvalue weighted by molar-refractivity contribution is 9.10. The molecule has 1 unspecified atom stereocenters. The predicted molar refractivity (Wildman–Crippen MR) is 66.7 cm³/mol. The van der Waals surface area contributed by atoms with Gasteiger partial charge in [0, 0.05) is 10.5 Å². The zero-order chi connectivity index (χ0) is 11.7. The molecule has 0 radical (unpaired) electrons. The first-order valence-electron chi connectivity index (χ1n) is 4.71. The Morgan fingerprint density at radius 2 is 2.25 bits per heavy atom. The molecule has 0 saturated carbocycles. The summed E-state index contributed by atoms with van der Waals surface area (Å²) in [7, 11) is 0. The largest absolute Gasteiger partial charge is 0.323 e. The topological polar surface area (TPSA) is 56.7 Å². The predicted octanol–water partition coefficient (Wildman–Crippen LogP) is 2.70. The molecule has 84 valence electrons. The third-order valence-electron chi connectivity index (χ3n) is 2.13. The van der Waals surface area contributed by atoms with Crippen LogP contribution in [-0.2, 0) is 0 Å². The van der Waals surface area contributed by atoms with Crippen molar-refractivity contribution in [2.75, 3.05) is 0 Å². The van der Waals surface area contributed by atoms with Gasteiger partial charge in [-0.2, -0.15) is 0 Å². The summed E-state index contributed by atoms with van der Waals surface area (Å²) in [6, 6.07) is 5.44. The van der Waals surface area contributed by atoms with E-state index >= 15 is 0 Å². The Labute approximate surface area is 107 Å². The summed E-state index contributed by atoms with van der Waals surface area (Å²) in [6.45, 7) is 1.86. The van der Waals surface area contributed by atoms with Gasteiger partial charge in [0.25, 0.3) is 0 Å². The van der Waals surface area contributed by atoms with E-state index in [0.29, 0.717) is 5.02 Å². The van der Waals surface area contributed by atoms with Gasteiger partial charge in [-0.05, 0) is 25.1 Å². The lowest BCUT2D eigenvalue weighted by molar-refractivity contribution is 0.756. The van der Waals surface area contributed by atoms with Crippen molar-refractivity contribution >= 4 is 27.5 Å². The van der Waals surface area contributed by atoms with E-state index in [1.807, 2.05) is 25.1 Å². The highest BCUT2D eigenvalue weighted by Gasteiger charge is 2.09. The van der Waals surface area contributed by atoms with E-state index in [1.54, 1.807) is 10.9 Å². The van der Waals surface area contributed by atoms with E-state index in [9.17, 15) is 0 Å². The Morgan fingerprint density at radius 1 is 1.50 bits per heavy atom. The van der Waals surface area contributed by atoms with Gasteiger partial charge in [0.1, 0.15) is 0 Å². The molecule has 0 aliphatic rings. The monoisotopic (exact) mass is 300 g/mol. The van der Waals surface area contributed by atoms with E-state index in [1.165, 1.54) is 0 Å². The van der Waals surface area contributed by atoms with Crippen LogP contribution in [0.4, 0.5) is 0 Å². The maximum absolute atomic E-state index is 6.10. The summed E-state index contributed by atoms with van der Waals surface area (Å²) in [5, 5.41) is 8.57. The van der Waals surface area contributed by atoms with E-state index in [4.69, 9.17) is 17.3 Å². The number of benzene rings is 1. The molecule has 1 atom stereocenters. The maximum atomic E-state index is 6.10. The third-order valence-corrected chi connectivity index (χ3v) is 2.93. The Hall–Kier alpha value is -0.910. The molecule has 1 aromatic carbocycles. The zero-order valence-corrected chi connectivity index (χ0v) is 10.9. The summed E-state index contributed by atoms with van der Waals surface area (Å²) in [4.78, 5) is 0. The van der Waals surface area contributed by atoms with E-state index in [2.05, 4.69) is 26.2 Å². The smallest absolute Gasteiger partial charge is 0.0995 e. The van der Waals surface area contributed by atoms with Crippen LogP contribution in [0.1, 0.15) is 18.7 Å². The number of rotatable bonds is 2. The Morgan fingerprint density at radius 3 is 2.81 bits per heavy atom. The lowest BCUT2D eigenvalue weighted by Crippen LogP contribution is -2.04. The van der Waals surface area contributed by atoms with Gasteiger partial charge >= 0.3 is 0 Å². The molecular weight excluding hydrogens is 291 g/mol. The van der Waals surface area contributed by atoms with Crippen LogP contribution in [-0.4, -0.2) is 15.0 Å². The van der Waals surface area contributed by atoms with Gasteiger partial charge in [-0.15, -0.1) is 5.10 Å². The van der Waals surface area contributed by atoms with Crippen LogP contribution in [0.5, 0.6) is 0 Å². The van der Waals surface area contributed by atoms with E-state index in [0.717, 1.165) is 15.9 Å². The van der Waals surface area contributed by atoms with Crippen molar-refractivity contribution in [3.05, 3.63) is 39.6 Å². The van der Waals surface area contributed by atoms with Crippen molar-refractivity contribution in [3.63, 3.8) is 0 Å². The average Bonchev–Trinajstić information content (AvgIpc) is 2.66. The van der Waals surface area contributed by atoms with Crippen LogP contribution in [0.3, 0.4) is 0 Å². The fraction of sp³-hybridized carbons (Fsp3) is 0.200. The fourth-order valence-electron chi connectivity index (χ4n) is 1.27. The molecule has 16 heavy (non-hydrogen) atoms. The summed E-state index contributed by atoms with van der Waals surface area (Å²) in [5.74, 6) is 0. The molecule has 2 rings (SSSR count). The normalized spacial score (nSPS) is 12.8. The minimum absolute atomic E-state index is 0.136. The Kier molecular flexibility index (Phi) is 3.28. The minimum Gasteiger partial charge on any atom is -0.323 e. The lowest BCUT2D eigenvalue weighted by Gasteiger charge is -2.03. The molecule has 1 heterocycles. The molecule has 0 bridgehead atoms. The van der Waals surface area contributed by atoms with Crippen LogP contribution in [0.15, 0.2) is 28.9 Å². The quantitative estimate of drug-likeness (QED) is 0.928. The number of hydrogen-bond acceptors (Lipinski definition) is 3. The SMILES string of the molecule is CC(N)c1cn(-c2ccc(Br)cc2Cl)nn1. The lowest BCUT2D eigenvalue weighted by atomic mass is 10.3. The van der Waals surface area contributed by atoms with Crippen molar-refractivity contribution < 1.29 is 0 Å². The molecule has 6 heteroatoms. The Balaban J connectivity index is 2.42. The second kappa shape index (κ2) is 4.53. The van der Waals surface area contributed by atoms with Crippen LogP contribution in [0.25, 0.3) is 5.69 Å². The minimum atomic E-state index is -0.136. The van der Waals surface area contributed by atoms with Gasteiger partial charge in [-0.25, -0.2) is 4.68 Å². The van der Waals surface area contributed by atoms with E-state index < -0.39 is 0 Å². The first-order chi connectivity index (χ1) is 7.58.